The third-order valence-corrected chi connectivity index (χ3v) is 4.67. The molecule has 0 bridgehead atoms. The van der Waals surface area contributed by atoms with Crippen molar-refractivity contribution in [1.82, 2.24) is 15.3 Å². The summed E-state index contributed by atoms with van der Waals surface area (Å²) in [5.41, 5.74) is 5.33. The highest BCUT2D eigenvalue weighted by molar-refractivity contribution is 5.94. The van der Waals surface area contributed by atoms with Gasteiger partial charge in [-0.15, -0.1) is 0 Å². The average Bonchev–Trinajstić information content (AvgIpc) is 2.71. The fourth-order valence-corrected chi connectivity index (χ4v) is 3.35. The maximum Gasteiger partial charge on any atom is 0.408 e. The molecule has 3 aromatic rings. The Morgan fingerprint density at radius 1 is 1.09 bits per heavy atom. The highest BCUT2D eigenvalue weighted by atomic mass is 19.1. The molecule has 3 rings (SSSR count). The molecular weight excluding hydrogens is 449 g/mol. The molecule has 1 unspecified atom stereocenters. The molecule has 0 saturated carbocycles. The molecule has 3 N–H and O–H groups in total. The minimum absolute atomic E-state index is 0.0538. The van der Waals surface area contributed by atoms with Crippen molar-refractivity contribution in [2.75, 3.05) is 0 Å². The Labute approximate surface area is 194 Å². The molecule has 0 aliphatic rings. The molecule has 10 heteroatoms. The van der Waals surface area contributed by atoms with E-state index in [4.69, 9.17) is 10.5 Å². The first-order valence-corrected chi connectivity index (χ1v) is 10.3. The standard InChI is InChI=1S/C24H23F3N4O3/c1-24(2,3)34-23(33)31-20(8-13-6-15(25)10-16(26)7-13)21-18(11-29-12-30-21)14-4-5-19(27)17(9-14)22(28)32/h4-7,9-12,20H,8H2,1-3H3,(H2,28,32)(H,31,33). The lowest BCUT2D eigenvalue weighted by Gasteiger charge is -2.25. The van der Waals surface area contributed by atoms with Crippen molar-refractivity contribution in [3.8, 4) is 11.1 Å². The van der Waals surface area contributed by atoms with E-state index in [0.717, 1.165) is 24.3 Å². The van der Waals surface area contributed by atoms with Crippen LogP contribution in [0.1, 0.15) is 48.4 Å². The van der Waals surface area contributed by atoms with E-state index < -0.39 is 41.1 Å². The number of carbonyl (C=O) groups is 2. The first-order valence-electron chi connectivity index (χ1n) is 10.3. The van der Waals surface area contributed by atoms with E-state index in [0.29, 0.717) is 11.1 Å². The van der Waals surface area contributed by atoms with Crippen molar-refractivity contribution in [3.05, 3.63) is 83.2 Å². The molecule has 178 valence electrons. The van der Waals surface area contributed by atoms with Crippen LogP contribution in [0.2, 0.25) is 0 Å². The van der Waals surface area contributed by atoms with Gasteiger partial charge in [0.25, 0.3) is 5.91 Å². The van der Waals surface area contributed by atoms with Gasteiger partial charge in [-0.05, 0) is 62.6 Å². The van der Waals surface area contributed by atoms with Crippen molar-refractivity contribution < 1.29 is 27.5 Å². The van der Waals surface area contributed by atoms with Gasteiger partial charge in [-0.3, -0.25) is 4.79 Å². The summed E-state index contributed by atoms with van der Waals surface area (Å²) in [5, 5.41) is 2.67. The first kappa shape index (κ1) is 24.7. The Morgan fingerprint density at radius 2 is 1.76 bits per heavy atom. The maximum atomic E-state index is 14.0. The smallest absolute Gasteiger partial charge is 0.408 e. The predicted octanol–water partition coefficient (Wildman–Crippen LogP) is 4.47. The number of primary amides is 1. The second-order valence-corrected chi connectivity index (χ2v) is 8.56. The Morgan fingerprint density at radius 3 is 2.38 bits per heavy atom. The topological polar surface area (TPSA) is 107 Å². The van der Waals surface area contributed by atoms with Crippen LogP contribution >= 0.6 is 0 Å². The monoisotopic (exact) mass is 472 g/mol. The summed E-state index contributed by atoms with van der Waals surface area (Å²) in [5.74, 6) is -3.32. The van der Waals surface area contributed by atoms with Gasteiger partial charge in [-0.1, -0.05) is 6.07 Å². The van der Waals surface area contributed by atoms with Gasteiger partial charge in [0.1, 0.15) is 29.4 Å². The Kier molecular flexibility index (Phi) is 7.19. The van der Waals surface area contributed by atoms with Crippen molar-refractivity contribution >= 4 is 12.0 Å². The summed E-state index contributed by atoms with van der Waals surface area (Å²) in [6.45, 7) is 5.05. The van der Waals surface area contributed by atoms with Crippen LogP contribution in [0.3, 0.4) is 0 Å². The van der Waals surface area contributed by atoms with Crippen LogP contribution in [0.25, 0.3) is 11.1 Å². The van der Waals surface area contributed by atoms with Crippen LogP contribution in [0.4, 0.5) is 18.0 Å². The normalized spacial score (nSPS) is 12.2. The zero-order chi connectivity index (χ0) is 25.0. The molecule has 0 fully saturated rings. The number of amides is 2. The molecular formula is C24H23F3N4O3. The Bertz CT molecular complexity index is 1210. The van der Waals surface area contributed by atoms with Gasteiger partial charge >= 0.3 is 6.09 Å². The predicted molar refractivity (Wildman–Crippen MR) is 118 cm³/mol. The third-order valence-electron chi connectivity index (χ3n) is 4.67. The SMILES string of the molecule is CC(C)(C)OC(=O)NC(Cc1cc(F)cc(F)c1)c1ncncc1-c1ccc(F)c(C(N)=O)c1. The van der Waals surface area contributed by atoms with E-state index >= 15 is 0 Å². The highest BCUT2D eigenvalue weighted by Crippen LogP contribution is 2.30. The maximum absolute atomic E-state index is 14.0. The number of nitrogens with zero attached hydrogens (tertiary/aromatic N) is 2. The van der Waals surface area contributed by atoms with Gasteiger partial charge < -0.3 is 15.8 Å². The second-order valence-electron chi connectivity index (χ2n) is 8.56. The number of hydrogen-bond donors (Lipinski definition) is 2. The lowest BCUT2D eigenvalue weighted by atomic mass is 9.95. The molecule has 1 atom stereocenters. The van der Waals surface area contributed by atoms with Crippen molar-refractivity contribution in [2.45, 2.75) is 38.8 Å². The van der Waals surface area contributed by atoms with Crippen molar-refractivity contribution in [2.24, 2.45) is 5.73 Å². The Hall–Kier alpha value is -3.95. The van der Waals surface area contributed by atoms with Crippen LogP contribution in [-0.2, 0) is 11.2 Å². The Balaban J connectivity index is 2.08. The molecule has 1 aromatic heterocycles. The number of aromatic nitrogens is 2. The molecule has 2 amide bonds. The summed E-state index contributed by atoms with van der Waals surface area (Å²) in [4.78, 5) is 32.4. The van der Waals surface area contributed by atoms with Gasteiger partial charge in [0.15, 0.2) is 0 Å². The van der Waals surface area contributed by atoms with Crippen molar-refractivity contribution in [3.63, 3.8) is 0 Å². The van der Waals surface area contributed by atoms with E-state index in [9.17, 15) is 22.8 Å². The van der Waals surface area contributed by atoms with Crippen molar-refractivity contribution in [1.29, 1.82) is 0 Å². The summed E-state index contributed by atoms with van der Waals surface area (Å²) >= 11 is 0. The van der Waals surface area contributed by atoms with E-state index in [1.54, 1.807) is 20.8 Å². The lowest BCUT2D eigenvalue weighted by Crippen LogP contribution is -2.36. The minimum Gasteiger partial charge on any atom is -0.444 e. The van der Waals surface area contributed by atoms with Crippen LogP contribution in [0, 0.1) is 17.5 Å². The van der Waals surface area contributed by atoms with E-state index in [1.807, 2.05) is 0 Å². The summed E-state index contributed by atoms with van der Waals surface area (Å²) in [6, 6.07) is 5.80. The summed E-state index contributed by atoms with van der Waals surface area (Å²) < 4.78 is 47.0. The second kappa shape index (κ2) is 9.90. The molecule has 0 radical (unpaired) electrons. The van der Waals surface area contributed by atoms with Gasteiger partial charge in [0, 0.05) is 17.8 Å². The van der Waals surface area contributed by atoms with Crippen LogP contribution in [0.5, 0.6) is 0 Å². The van der Waals surface area contributed by atoms with Gasteiger partial charge in [0.2, 0.25) is 0 Å². The number of carbonyl (C=O) groups excluding carboxylic acids is 2. The quantitative estimate of drug-likeness (QED) is 0.551. The van der Waals surface area contributed by atoms with E-state index in [1.165, 1.54) is 24.7 Å². The van der Waals surface area contributed by atoms with Gasteiger partial charge in [-0.2, -0.15) is 0 Å². The number of alkyl carbamates (subject to hydrolysis) is 1. The third kappa shape index (κ3) is 6.31. The number of benzene rings is 2. The number of ether oxygens (including phenoxy) is 1. The highest BCUT2D eigenvalue weighted by Gasteiger charge is 2.25. The van der Waals surface area contributed by atoms with Crippen LogP contribution < -0.4 is 11.1 Å². The van der Waals surface area contributed by atoms with E-state index in [-0.39, 0.29) is 23.2 Å². The zero-order valence-electron chi connectivity index (χ0n) is 18.7. The molecule has 0 saturated heterocycles. The summed E-state index contributed by atoms with van der Waals surface area (Å²) in [7, 11) is 0. The van der Waals surface area contributed by atoms with Crippen LogP contribution in [-0.4, -0.2) is 27.6 Å². The number of nitrogens with two attached hydrogens (primary N) is 1. The lowest BCUT2D eigenvalue weighted by molar-refractivity contribution is 0.0502. The zero-order valence-corrected chi connectivity index (χ0v) is 18.7. The minimum atomic E-state index is -0.962. The molecule has 34 heavy (non-hydrogen) atoms. The van der Waals surface area contributed by atoms with Gasteiger partial charge in [0.05, 0.1) is 17.3 Å². The fraction of sp³-hybridized carbons (Fsp3) is 0.250. The fourth-order valence-electron chi connectivity index (χ4n) is 3.35. The van der Waals surface area contributed by atoms with Gasteiger partial charge in [-0.25, -0.2) is 27.9 Å². The molecule has 7 nitrogen and oxygen atoms in total. The van der Waals surface area contributed by atoms with Crippen LogP contribution in [0.15, 0.2) is 48.9 Å². The molecule has 0 spiro atoms. The first-order chi connectivity index (χ1) is 15.9. The molecule has 2 aromatic carbocycles. The molecule has 1 heterocycles. The number of nitrogens with one attached hydrogen (secondary N) is 1. The number of hydrogen-bond acceptors (Lipinski definition) is 5. The summed E-state index contributed by atoms with van der Waals surface area (Å²) in [6.07, 6.45) is 1.81. The average molecular weight is 472 g/mol. The van der Waals surface area contributed by atoms with E-state index in [2.05, 4.69) is 15.3 Å². The number of halogens is 3. The molecule has 0 aliphatic carbocycles. The number of rotatable bonds is 6. The molecule has 0 aliphatic heterocycles. The largest absolute Gasteiger partial charge is 0.444 e.